The molecule has 0 spiro atoms. The van der Waals surface area contributed by atoms with Crippen molar-refractivity contribution in [3.05, 3.63) is 12.2 Å². The summed E-state index contributed by atoms with van der Waals surface area (Å²) < 4.78 is 12.3. The van der Waals surface area contributed by atoms with Crippen molar-refractivity contribution >= 4 is 17.9 Å². The van der Waals surface area contributed by atoms with Gasteiger partial charge in [0.25, 0.3) is 0 Å². The van der Waals surface area contributed by atoms with Gasteiger partial charge in [-0.1, -0.05) is 60.6 Å². The number of likely N-dealkylation sites (N-methyl/N-ethyl adjacent to an activating group) is 1. The summed E-state index contributed by atoms with van der Waals surface area (Å²) in [5.41, 5.74) is 0.448. The van der Waals surface area contributed by atoms with Gasteiger partial charge in [-0.2, -0.15) is 0 Å². The van der Waals surface area contributed by atoms with Crippen molar-refractivity contribution in [1.29, 1.82) is 0 Å². The van der Waals surface area contributed by atoms with Gasteiger partial charge in [0.05, 0.1) is 18.3 Å². The predicted molar refractivity (Wildman–Crippen MR) is 189 cm³/mol. The zero-order chi connectivity index (χ0) is 35.7. The average Bonchev–Trinajstić information content (AvgIpc) is 3.35. The number of hydrogen-bond donors (Lipinski definition) is 1. The molecule has 0 saturated heterocycles. The molecule has 0 bridgehead atoms. The lowest BCUT2D eigenvalue weighted by Crippen LogP contribution is -2.67. The molecule has 0 heterocycles. The van der Waals surface area contributed by atoms with Gasteiger partial charge in [0, 0.05) is 12.0 Å². The number of carbonyl (C=O) groups is 3. The molecular weight excluding hydrogens is 602 g/mol. The van der Waals surface area contributed by atoms with Crippen molar-refractivity contribution in [3.8, 4) is 0 Å². The van der Waals surface area contributed by atoms with Gasteiger partial charge in [0.15, 0.2) is 0 Å². The molecule has 0 aromatic heterocycles. The van der Waals surface area contributed by atoms with Crippen LogP contribution in [-0.4, -0.2) is 61.3 Å². The highest BCUT2D eigenvalue weighted by Gasteiger charge is 2.72. The molecule has 10 atom stereocenters. The van der Waals surface area contributed by atoms with Crippen molar-refractivity contribution in [1.82, 2.24) is 4.90 Å². The number of esters is 2. The van der Waals surface area contributed by atoms with Gasteiger partial charge in [-0.25, -0.2) is 0 Å². The van der Waals surface area contributed by atoms with E-state index in [0.717, 1.165) is 64.3 Å². The maximum absolute atomic E-state index is 14.1. The molecule has 5 aliphatic carbocycles. The fourth-order valence-electron chi connectivity index (χ4n) is 13.2. The first-order valence-corrected chi connectivity index (χ1v) is 19.0. The van der Waals surface area contributed by atoms with E-state index < -0.39 is 16.8 Å². The van der Waals surface area contributed by atoms with E-state index in [1.54, 1.807) is 0 Å². The second-order valence-electron chi connectivity index (χ2n) is 19.5. The Kier molecular flexibility index (Phi) is 9.89. The molecular formula is C41H67NO6. The number of carbonyl (C=O) groups excluding carboxylic acids is 2. The van der Waals surface area contributed by atoms with Gasteiger partial charge in [-0.3, -0.25) is 14.4 Å². The number of allylic oxidation sites excluding steroid dienone is 1. The van der Waals surface area contributed by atoms with Gasteiger partial charge >= 0.3 is 17.9 Å². The topological polar surface area (TPSA) is 93.1 Å². The number of carboxylic acid groups (broad SMARTS) is 1. The highest BCUT2D eigenvalue weighted by Crippen LogP contribution is 2.77. The van der Waals surface area contributed by atoms with Crippen LogP contribution in [0.2, 0.25) is 0 Å². The minimum atomic E-state index is -0.887. The quantitative estimate of drug-likeness (QED) is 0.184. The van der Waals surface area contributed by atoms with Crippen molar-refractivity contribution in [2.45, 2.75) is 139 Å². The standard InChI is InChI=1S/C41H67NO6/c1-26(2)27-14-19-41(35(46)47-23-22-42(10)11)21-20-39(8)28(34(27)41)12-13-30-38(7)17-16-31(37(5,6)29(38)15-18-40(30,39)9)48-33(45)25-36(3,4)24-32(43)44/h27-31,34H,1,12-25H2,2-11H3,(H,43,44)/t27-,28+,29?,30?,31-,34?,38-,39+,40+,41-/m0/s1. The number of rotatable bonds is 10. The van der Waals surface area contributed by atoms with Crippen LogP contribution in [0.25, 0.3) is 0 Å². The van der Waals surface area contributed by atoms with E-state index in [9.17, 15) is 19.5 Å². The molecule has 0 radical (unpaired) electrons. The average molecular weight is 670 g/mol. The van der Waals surface area contributed by atoms with Gasteiger partial charge < -0.3 is 19.5 Å². The third-order valence-electron chi connectivity index (χ3n) is 15.7. The molecule has 5 saturated carbocycles. The molecule has 272 valence electrons. The van der Waals surface area contributed by atoms with E-state index >= 15 is 0 Å². The van der Waals surface area contributed by atoms with Crippen LogP contribution >= 0.6 is 0 Å². The molecule has 0 amide bonds. The van der Waals surface area contributed by atoms with Gasteiger partial charge in [0.2, 0.25) is 0 Å². The fourth-order valence-corrected chi connectivity index (χ4v) is 13.2. The molecule has 5 fully saturated rings. The van der Waals surface area contributed by atoms with Crippen LogP contribution in [-0.2, 0) is 23.9 Å². The number of hydrogen-bond acceptors (Lipinski definition) is 6. The molecule has 3 unspecified atom stereocenters. The molecule has 7 heteroatoms. The first-order chi connectivity index (χ1) is 22.1. The summed E-state index contributed by atoms with van der Waals surface area (Å²) >= 11 is 0. The van der Waals surface area contributed by atoms with E-state index in [0.29, 0.717) is 36.2 Å². The molecule has 0 aromatic rings. The van der Waals surface area contributed by atoms with Gasteiger partial charge in [-0.15, -0.1) is 0 Å². The first-order valence-electron chi connectivity index (χ1n) is 19.0. The molecule has 1 N–H and O–H groups in total. The third-order valence-corrected chi connectivity index (χ3v) is 15.7. The summed E-state index contributed by atoms with van der Waals surface area (Å²) in [4.78, 5) is 40.7. The van der Waals surface area contributed by atoms with Crippen molar-refractivity contribution in [3.63, 3.8) is 0 Å². The van der Waals surface area contributed by atoms with Crippen molar-refractivity contribution in [2.24, 2.45) is 62.1 Å². The number of fused-ring (bicyclic) bond motifs is 7. The summed E-state index contributed by atoms with van der Waals surface area (Å²) in [5.74, 6) is 1.02. The first kappa shape index (κ1) is 37.4. The zero-order valence-electron chi connectivity index (χ0n) is 32.0. The third kappa shape index (κ3) is 5.98. The Morgan fingerprint density at radius 1 is 0.854 bits per heavy atom. The van der Waals surface area contributed by atoms with E-state index in [4.69, 9.17) is 9.47 Å². The number of carboxylic acids is 1. The van der Waals surface area contributed by atoms with Crippen LogP contribution in [0.3, 0.4) is 0 Å². The Balaban J connectivity index is 1.39. The molecule has 7 nitrogen and oxygen atoms in total. The maximum atomic E-state index is 14.1. The normalized spacial score (nSPS) is 41.7. The van der Waals surface area contributed by atoms with Crippen molar-refractivity contribution in [2.75, 3.05) is 27.2 Å². The number of aliphatic carboxylic acids is 1. The SMILES string of the molecule is C=C(C)[C@@H]1CC[C@]2(C(=O)OCCN(C)C)CC[C@]3(C)[C@H](CCC4[C@@]5(C)CC[C@H](OC(=O)CC(C)(C)CC(=O)O)C(C)(C)C5CC[C@]43C)C12. The second kappa shape index (κ2) is 12.7. The van der Waals surface area contributed by atoms with Crippen LogP contribution in [0.4, 0.5) is 0 Å². The molecule has 5 rings (SSSR count). The minimum Gasteiger partial charge on any atom is -0.481 e. The van der Waals surface area contributed by atoms with Gasteiger partial charge in [0.1, 0.15) is 12.7 Å². The second-order valence-corrected chi connectivity index (χ2v) is 19.5. The summed E-state index contributed by atoms with van der Waals surface area (Å²) in [6.07, 6.45) is 10.3. The van der Waals surface area contributed by atoms with Crippen LogP contribution < -0.4 is 0 Å². The Morgan fingerprint density at radius 3 is 2.17 bits per heavy atom. The van der Waals surface area contributed by atoms with E-state index in [2.05, 4.69) is 53.0 Å². The van der Waals surface area contributed by atoms with E-state index in [1.165, 1.54) is 12.0 Å². The Bertz CT molecular complexity index is 1290. The lowest BCUT2D eigenvalue weighted by molar-refractivity contribution is -0.251. The minimum absolute atomic E-state index is 0.0454. The lowest BCUT2D eigenvalue weighted by atomic mass is 9.32. The molecule has 48 heavy (non-hydrogen) atoms. The monoisotopic (exact) mass is 669 g/mol. The van der Waals surface area contributed by atoms with Crippen molar-refractivity contribution < 1.29 is 29.0 Å². The zero-order valence-corrected chi connectivity index (χ0v) is 32.0. The molecule has 5 aliphatic rings. The summed E-state index contributed by atoms with van der Waals surface area (Å²) in [7, 11) is 4.04. The summed E-state index contributed by atoms with van der Waals surface area (Å²) in [6, 6.07) is 0. The van der Waals surface area contributed by atoms with Gasteiger partial charge in [-0.05, 0) is 136 Å². The lowest BCUT2D eigenvalue weighted by Gasteiger charge is -2.72. The van der Waals surface area contributed by atoms with E-state index in [-0.39, 0.29) is 52.5 Å². The Morgan fingerprint density at radius 2 is 1.54 bits per heavy atom. The van der Waals surface area contributed by atoms with Crippen LogP contribution in [0.5, 0.6) is 0 Å². The Hall–Kier alpha value is -1.89. The fraction of sp³-hybridized carbons (Fsp3) is 0.878. The highest BCUT2D eigenvalue weighted by atomic mass is 16.5. The maximum Gasteiger partial charge on any atom is 0.312 e. The number of nitrogens with zero attached hydrogens (tertiary/aromatic N) is 1. The molecule has 0 aromatic carbocycles. The van der Waals surface area contributed by atoms with Crippen LogP contribution in [0, 0.1) is 62.1 Å². The largest absolute Gasteiger partial charge is 0.481 e. The predicted octanol–water partition coefficient (Wildman–Crippen LogP) is 8.55. The smallest absolute Gasteiger partial charge is 0.312 e. The van der Waals surface area contributed by atoms with E-state index in [1.807, 2.05) is 27.9 Å². The molecule has 0 aliphatic heterocycles. The summed E-state index contributed by atoms with van der Waals surface area (Å²) in [5, 5.41) is 9.32. The Labute approximate surface area is 291 Å². The highest BCUT2D eigenvalue weighted by molar-refractivity contribution is 5.78. The summed E-state index contributed by atoms with van der Waals surface area (Å²) in [6.45, 7) is 23.9. The van der Waals surface area contributed by atoms with Crippen LogP contribution in [0.15, 0.2) is 12.2 Å². The van der Waals surface area contributed by atoms with Crippen LogP contribution in [0.1, 0.15) is 132 Å². The number of ether oxygens (including phenoxy) is 2.